The van der Waals surface area contributed by atoms with Crippen LogP contribution < -0.4 is 4.74 Å². The molecule has 0 fully saturated rings. The summed E-state index contributed by atoms with van der Waals surface area (Å²) < 4.78 is 5.44. The molecule has 2 heteroatoms. The summed E-state index contributed by atoms with van der Waals surface area (Å²) >= 11 is 0. The summed E-state index contributed by atoms with van der Waals surface area (Å²) in [7, 11) is 0. The summed E-state index contributed by atoms with van der Waals surface area (Å²) in [5.41, 5.74) is 3.15. The Bertz CT molecular complexity index is 597. The molecule has 2 aromatic rings. The molecule has 0 aromatic heterocycles. The molecule has 0 heterocycles. The number of esters is 1. The fourth-order valence-electron chi connectivity index (χ4n) is 2.46. The number of unbranched alkanes of at least 4 members (excludes halogenated alkanes) is 2. The van der Waals surface area contributed by atoms with E-state index in [-0.39, 0.29) is 5.97 Å². The first-order chi connectivity index (χ1) is 11.2. The van der Waals surface area contributed by atoms with E-state index in [1.165, 1.54) is 36.8 Å². The average Bonchev–Trinajstić information content (AvgIpc) is 2.59. The second-order valence-corrected chi connectivity index (χ2v) is 5.94. The molecule has 0 N–H and O–H groups in total. The van der Waals surface area contributed by atoms with Crippen molar-refractivity contribution in [2.45, 2.75) is 52.4 Å². The van der Waals surface area contributed by atoms with Crippen molar-refractivity contribution >= 4 is 5.97 Å². The zero-order valence-corrected chi connectivity index (χ0v) is 14.2. The summed E-state index contributed by atoms with van der Waals surface area (Å²) in [5.74, 6) is 0.304. The number of carbonyl (C=O) groups excluding carboxylic acids is 1. The Labute approximate surface area is 139 Å². The van der Waals surface area contributed by atoms with Gasteiger partial charge in [-0.1, -0.05) is 51.0 Å². The standard InChI is InChI=1S/C21H26O2/c1-3-5-7-17-9-13-19(14-10-17)21(22)23-20-15-11-18(12-16-20)8-6-4-2/h9-16H,3-8H2,1-2H3. The Morgan fingerprint density at radius 3 is 1.74 bits per heavy atom. The van der Waals surface area contributed by atoms with Gasteiger partial charge in [-0.05, 0) is 61.1 Å². The molecule has 0 atom stereocenters. The van der Waals surface area contributed by atoms with E-state index in [0.29, 0.717) is 11.3 Å². The van der Waals surface area contributed by atoms with E-state index < -0.39 is 0 Å². The summed E-state index contributed by atoms with van der Waals surface area (Å²) in [6, 6.07) is 15.5. The van der Waals surface area contributed by atoms with Crippen molar-refractivity contribution in [1.29, 1.82) is 0 Å². The number of benzene rings is 2. The average molecular weight is 310 g/mol. The van der Waals surface area contributed by atoms with Crippen LogP contribution in [0.15, 0.2) is 48.5 Å². The van der Waals surface area contributed by atoms with Crippen molar-refractivity contribution < 1.29 is 9.53 Å². The molecule has 0 aliphatic carbocycles. The second kappa shape index (κ2) is 9.14. The lowest BCUT2D eigenvalue weighted by atomic mass is 10.1. The van der Waals surface area contributed by atoms with Gasteiger partial charge < -0.3 is 4.74 Å². The monoisotopic (exact) mass is 310 g/mol. The molecule has 0 saturated carbocycles. The molecule has 23 heavy (non-hydrogen) atoms. The summed E-state index contributed by atoms with van der Waals surface area (Å²) in [5, 5.41) is 0. The molecule has 0 aliphatic rings. The Kier molecular flexibility index (Phi) is 6.86. The molecule has 2 nitrogen and oxygen atoms in total. The molecule has 0 radical (unpaired) electrons. The highest BCUT2D eigenvalue weighted by Gasteiger charge is 2.08. The van der Waals surface area contributed by atoms with Crippen LogP contribution in [0.2, 0.25) is 0 Å². The van der Waals surface area contributed by atoms with Gasteiger partial charge in [0.05, 0.1) is 5.56 Å². The molecule has 122 valence electrons. The number of aryl methyl sites for hydroxylation is 2. The zero-order valence-electron chi connectivity index (χ0n) is 14.2. The van der Waals surface area contributed by atoms with E-state index in [2.05, 4.69) is 13.8 Å². The van der Waals surface area contributed by atoms with E-state index in [4.69, 9.17) is 4.74 Å². The third-order valence-corrected chi connectivity index (χ3v) is 3.96. The summed E-state index contributed by atoms with van der Waals surface area (Å²) in [6.45, 7) is 4.36. The van der Waals surface area contributed by atoms with Gasteiger partial charge in [-0.2, -0.15) is 0 Å². The van der Waals surface area contributed by atoms with Gasteiger partial charge in [0.1, 0.15) is 5.75 Å². The van der Waals surface area contributed by atoms with Crippen molar-refractivity contribution in [1.82, 2.24) is 0 Å². The Morgan fingerprint density at radius 2 is 1.26 bits per heavy atom. The lowest BCUT2D eigenvalue weighted by Crippen LogP contribution is -2.08. The van der Waals surface area contributed by atoms with Gasteiger partial charge in [0.2, 0.25) is 0 Å². The molecule has 0 saturated heterocycles. The highest BCUT2D eigenvalue weighted by Crippen LogP contribution is 2.16. The quantitative estimate of drug-likeness (QED) is 0.469. The minimum Gasteiger partial charge on any atom is -0.423 e. The van der Waals surface area contributed by atoms with Gasteiger partial charge in [-0.25, -0.2) is 4.79 Å². The molecule has 0 bridgehead atoms. The Balaban J connectivity index is 1.93. The number of ether oxygens (including phenoxy) is 1. The SMILES string of the molecule is CCCCc1ccc(OC(=O)c2ccc(CCCC)cc2)cc1. The van der Waals surface area contributed by atoms with Gasteiger partial charge >= 0.3 is 5.97 Å². The van der Waals surface area contributed by atoms with Crippen LogP contribution in [0, 0.1) is 0 Å². The normalized spacial score (nSPS) is 10.5. The predicted molar refractivity (Wildman–Crippen MR) is 95.1 cm³/mol. The van der Waals surface area contributed by atoms with Crippen LogP contribution >= 0.6 is 0 Å². The molecule has 2 aromatic carbocycles. The number of hydrogen-bond acceptors (Lipinski definition) is 2. The third-order valence-electron chi connectivity index (χ3n) is 3.96. The molecule has 0 unspecified atom stereocenters. The van der Waals surface area contributed by atoms with Crippen LogP contribution in [0.5, 0.6) is 5.75 Å². The number of carbonyl (C=O) groups is 1. The van der Waals surface area contributed by atoms with E-state index in [0.717, 1.165) is 12.8 Å². The van der Waals surface area contributed by atoms with Gasteiger partial charge in [0.25, 0.3) is 0 Å². The van der Waals surface area contributed by atoms with Gasteiger partial charge in [0, 0.05) is 0 Å². The molecule has 0 amide bonds. The molecule has 0 spiro atoms. The maximum absolute atomic E-state index is 12.2. The fraction of sp³-hybridized carbons (Fsp3) is 0.381. The van der Waals surface area contributed by atoms with Gasteiger partial charge in [0.15, 0.2) is 0 Å². The first kappa shape index (κ1) is 17.3. The second-order valence-electron chi connectivity index (χ2n) is 5.94. The molecule has 0 aliphatic heterocycles. The van der Waals surface area contributed by atoms with E-state index in [1.807, 2.05) is 48.5 Å². The van der Waals surface area contributed by atoms with Crippen molar-refractivity contribution in [2.24, 2.45) is 0 Å². The first-order valence-electron chi connectivity index (χ1n) is 8.63. The van der Waals surface area contributed by atoms with E-state index >= 15 is 0 Å². The summed E-state index contributed by atoms with van der Waals surface area (Å²) in [6.07, 6.45) is 6.86. The van der Waals surface area contributed by atoms with Crippen molar-refractivity contribution in [3.8, 4) is 5.75 Å². The minimum absolute atomic E-state index is 0.298. The van der Waals surface area contributed by atoms with E-state index in [1.54, 1.807) is 0 Å². The maximum Gasteiger partial charge on any atom is 0.343 e. The van der Waals surface area contributed by atoms with Crippen molar-refractivity contribution in [2.75, 3.05) is 0 Å². The zero-order chi connectivity index (χ0) is 16.5. The van der Waals surface area contributed by atoms with Crippen molar-refractivity contribution in [3.63, 3.8) is 0 Å². The van der Waals surface area contributed by atoms with Crippen LogP contribution in [-0.4, -0.2) is 5.97 Å². The molecular formula is C21H26O2. The number of hydrogen-bond donors (Lipinski definition) is 0. The van der Waals surface area contributed by atoms with Crippen LogP contribution in [0.3, 0.4) is 0 Å². The topological polar surface area (TPSA) is 26.3 Å². The molecular weight excluding hydrogens is 284 g/mol. The van der Waals surface area contributed by atoms with Gasteiger partial charge in [-0.15, -0.1) is 0 Å². The lowest BCUT2D eigenvalue weighted by molar-refractivity contribution is 0.0734. The van der Waals surface area contributed by atoms with E-state index in [9.17, 15) is 4.79 Å². The third kappa shape index (κ3) is 5.55. The predicted octanol–water partition coefficient (Wildman–Crippen LogP) is 5.59. The first-order valence-corrected chi connectivity index (χ1v) is 8.63. The minimum atomic E-state index is -0.298. The Hall–Kier alpha value is -2.09. The number of rotatable bonds is 8. The van der Waals surface area contributed by atoms with Gasteiger partial charge in [-0.3, -0.25) is 0 Å². The van der Waals surface area contributed by atoms with Crippen LogP contribution in [0.4, 0.5) is 0 Å². The molecule has 2 rings (SSSR count). The fourth-order valence-corrected chi connectivity index (χ4v) is 2.46. The van der Waals surface area contributed by atoms with Crippen molar-refractivity contribution in [3.05, 3.63) is 65.2 Å². The smallest absolute Gasteiger partial charge is 0.343 e. The lowest BCUT2D eigenvalue weighted by Gasteiger charge is -2.06. The van der Waals surface area contributed by atoms with Crippen LogP contribution in [0.25, 0.3) is 0 Å². The highest BCUT2D eigenvalue weighted by atomic mass is 16.5. The van der Waals surface area contributed by atoms with Crippen LogP contribution in [-0.2, 0) is 12.8 Å². The highest BCUT2D eigenvalue weighted by molar-refractivity contribution is 5.91. The largest absolute Gasteiger partial charge is 0.423 e. The van der Waals surface area contributed by atoms with Crippen LogP contribution in [0.1, 0.15) is 61.0 Å². The summed E-state index contributed by atoms with van der Waals surface area (Å²) in [4.78, 5) is 12.2. The maximum atomic E-state index is 12.2. The Morgan fingerprint density at radius 1 is 0.783 bits per heavy atom.